The van der Waals surface area contributed by atoms with Gasteiger partial charge in [-0.05, 0) is 106 Å². The van der Waals surface area contributed by atoms with E-state index in [1.807, 2.05) is 12.1 Å². The van der Waals surface area contributed by atoms with Crippen molar-refractivity contribution < 1.29 is 29.0 Å². The van der Waals surface area contributed by atoms with Crippen LogP contribution >= 0.6 is 0 Å². The van der Waals surface area contributed by atoms with E-state index in [1.165, 1.54) is 11.1 Å². The Kier molecular flexibility index (Phi) is 7.80. The first-order valence-electron chi connectivity index (χ1n) is 15.0. The summed E-state index contributed by atoms with van der Waals surface area (Å²) in [7, 11) is 0. The van der Waals surface area contributed by atoms with Crippen molar-refractivity contribution in [3.8, 4) is 0 Å². The lowest BCUT2D eigenvalue weighted by Gasteiger charge is -2.59. The zero-order valence-corrected chi connectivity index (χ0v) is 23.8. The second kappa shape index (κ2) is 10.8. The molecule has 0 aromatic heterocycles. The van der Waals surface area contributed by atoms with Gasteiger partial charge < -0.3 is 14.6 Å². The Morgan fingerprint density at radius 1 is 1.05 bits per heavy atom. The van der Waals surface area contributed by atoms with Gasteiger partial charge in [-0.1, -0.05) is 42.8 Å². The highest BCUT2D eigenvalue weighted by molar-refractivity contribution is 5.88. The fourth-order valence-electron chi connectivity index (χ4n) is 9.26. The Morgan fingerprint density at radius 3 is 2.46 bits per heavy atom. The molecule has 39 heavy (non-hydrogen) atoms. The molecule has 212 valence electrons. The third-order valence-corrected chi connectivity index (χ3v) is 11.1. The number of ether oxygens (including phenoxy) is 2. The van der Waals surface area contributed by atoms with Crippen LogP contribution in [0.5, 0.6) is 0 Å². The van der Waals surface area contributed by atoms with Crippen LogP contribution in [-0.2, 0) is 32.1 Å². The van der Waals surface area contributed by atoms with Crippen LogP contribution in [0.1, 0.15) is 96.1 Å². The summed E-state index contributed by atoms with van der Waals surface area (Å²) in [5.41, 5.74) is 1.88. The molecule has 1 N–H and O–H groups in total. The molecule has 0 radical (unpaired) electrons. The first-order chi connectivity index (χ1) is 18.7. The van der Waals surface area contributed by atoms with Crippen molar-refractivity contribution in [1.82, 2.24) is 0 Å². The standard InChI is InChI=1S/C33H44O6/c1-4-38-30(37)39-33(22(2)35)19-15-29-27-12-11-25-20-26(36)13-17-31(25,3)28(27)14-18-32(29,33)16-5-6-23-7-9-24(21-34)10-8-23/h7-11,27-29,34H,4-6,12-21H2,1-3H3/t27-,28-,29+,31-,32+,33+/m1/s1. The van der Waals surface area contributed by atoms with Gasteiger partial charge in [0.15, 0.2) is 11.4 Å². The number of hydrogen-bond acceptors (Lipinski definition) is 6. The Labute approximate surface area is 232 Å². The Balaban J connectivity index is 1.47. The molecule has 6 heteroatoms. The molecule has 5 rings (SSSR count). The van der Waals surface area contributed by atoms with E-state index < -0.39 is 17.2 Å². The lowest BCUT2D eigenvalue weighted by Crippen LogP contribution is -2.60. The lowest BCUT2D eigenvalue weighted by molar-refractivity contribution is -0.170. The number of rotatable bonds is 8. The van der Waals surface area contributed by atoms with Crippen LogP contribution in [0.25, 0.3) is 0 Å². The molecule has 1 aromatic carbocycles. The minimum Gasteiger partial charge on any atom is -0.435 e. The first-order valence-corrected chi connectivity index (χ1v) is 15.0. The van der Waals surface area contributed by atoms with Gasteiger partial charge in [0, 0.05) is 18.3 Å². The molecule has 0 spiro atoms. The van der Waals surface area contributed by atoms with Crippen molar-refractivity contribution in [3.63, 3.8) is 0 Å². The van der Waals surface area contributed by atoms with Crippen molar-refractivity contribution in [2.75, 3.05) is 6.61 Å². The smallest absolute Gasteiger partial charge is 0.435 e. The second-order valence-corrected chi connectivity index (χ2v) is 12.7. The maximum absolute atomic E-state index is 13.6. The van der Waals surface area contributed by atoms with Crippen LogP contribution in [0.2, 0.25) is 0 Å². The Morgan fingerprint density at radius 2 is 1.77 bits per heavy atom. The van der Waals surface area contributed by atoms with Gasteiger partial charge >= 0.3 is 6.16 Å². The summed E-state index contributed by atoms with van der Waals surface area (Å²) in [6.45, 7) is 5.96. The van der Waals surface area contributed by atoms with Crippen molar-refractivity contribution in [3.05, 3.63) is 47.0 Å². The van der Waals surface area contributed by atoms with Crippen molar-refractivity contribution in [2.45, 2.75) is 104 Å². The molecule has 0 heterocycles. The molecule has 3 fully saturated rings. The average Bonchev–Trinajstić information content (AvgIpc) is 3.25. The lowest BCUT2D eigenvalue weighted by atomic mass is 9.45. The molecule has 0 aliphatic heterocycles. The van der Waals surface area contributed by atoms with E-state index in [0.717, 1.165) is 56.9 Å². The minimum absolute atomic E-state index is 0.0309. The number of aliphatic hydroxyl groups excluding tert-OH is 1. The van der Waals surface area contributed by atoms with Gasteiger partial charge in [-0.15, -0.1) is 0 Å². The number of carbonyl (C=O) groups excluding carboxylic acids is 3. The Bertz CT molecular complexity index is 1140. The molecule has 0 saturated heterocycles. The molecule has 0 amide bonds. The number of carbonyl (C=O) groups is 3. The predicted octanol–water partition coefficient (Wildman–Crippen LogP) is 6.51. The average molecular weight is 537 g/mol. The van der Waals surface area contributed by atoms with E-state index in [-0.39, 0.29) is 30.3 Å². The number of allylic oxidation sites excluding steroid dienone is 2. The SMILES string of the molecule is CCOC(=O)O[C@]1(C(C)=O)CC[C@H]2[C@@H]3CC=C4CC(=O)CC[C@@]4(C)[C@@H]3CC[C@@]21CCCc1ccc(CO)cc1. The van der Waals surface area contributed by atoms with Crippen LogP contribution in [0.4, 0.5) is 4.79 Å². The molecule has 3 saturated carbocycles. The zero-order chi connectivity index (χ0) is 27.8. The third kappa shape index (κ3) is 4.67. The summed E-state index contributed by atoms with van der Waals surface area (Å²) in [6, 6.07) is 8.06. The molecule has 6 atom stereocenters. The number of fused-ring (bicyclic) bond motifs is 5. The van der Waals surface area contributed by atoms with Crippen molar-refractivity contribution in [2.24, 2.45) is 28.6 Å². The van der Waals surface area contributed by atoms with E-state index in [2.05, 4.69) is 25.1 Å². The molecule has 0 bridgehead atoms. The van der Waals surface area contributed by atoms with Crippen molar-refractivity contribution in [1.29, 1.82) is 0 Å². The van der Waals surface area contributed by atoms with Gasteiger partial charge in [-0.3, -0.25) is 9.59 Å². The maximum atomic E-state index is 13.6. The first kappa shape index (κ1) is 28.1. The third-order valence-electron chi connectivity index (χ3n) is 11.1. The van der Waals surface area contributed by atoms with Gasteiger partial charge in [-0.2, -0.15) is 0 Å². The monoisotopic (exact) mass is 536 g/mol. The predicted molar refractivity (Wildman–Crippen MR) is 148 cm³/mol. The summed E-state index contributed by atoms with van der Waals surface area (Å²) in [6.07, 6.45) is 10.5. The van der Waals surface area contributed by atoms with Crippen LogP contribution in [-0.4, -0.2) is 35.0 Å². The molecule has 0 unspecified atom stereocenters. The largest absolute Gasteiger partial charge is 0.509 e. The van der Waals surface area contributed by atoms with Crippen LogP contribution in [0.15, 0.2) is 35.9 Å². The fourth-order valence-corrected chi connectivity index (χ4v) is 9.26. The van der Waals surface area contributed by atoms with Crippen LogP contribution in [0, 0.1) is 28.6 Å². The van der Waals surface area contributed by atoms with Crippen LogP contribution in [0.3, 0.4) is 0 Å². The Hall–Kier alpha value is -2.47. The number of benzene rings is 1. The van der Waals surface area contributed by atoms with E-state index in [1.54, 1.807) is 13.8 Å². The summed E-state index contributed by atoms with van der Waals surface area (Å²) in [5.74, 6) is 1.47. The van der Waals surface area contributed by atoms with E-state index in [0.29, 0.717) is 36.9 Å². The molecule has 1 aromatic rings. The van der Waals surface area contributed by atoms with Gasteiger partial charge in [0.2, 0.25) is 0 Å². The van der Waals surface area contributed by atoms with E-state index in [4.69, 9.17) is 9.47 Å². The molecular weight excluding hydrogens is 492 g/mol. The minimum atomic E-state index is -1.16. The normalized spacial score (nSPS) is 35.3. The number of hydrogen-bond donors (Lipinski definition) is 1. The second-order valence-electron chi connectivity index (χ2n) is 12.7. The molecular formula is C33H44O6. The quantitative estimate of drug-likeness (QED) is 0.301. The summed E-state index contributed by atoms with van der Waals surface area (Å²) in [4.78, 5) is 38.6. The topological polar surface area (TPSA) is 89.9 Å². The number of ketones is 2. The molecule has 4 aliphatic carbocycles. The fraction of sp³-hybridized carbons (Fsp3) is 0.667. The number of aryl methyl sites for hydroxylation is 1. The summed E-state index contributed by atoms with van der Waals surface area (Å²) < 4.78 is 11.4. The zero-order valence-electron chi connectivity index (χ0n) is 23.8. The summed E-state index contributed by atoms with van der Waals surface area (Å²) >= 11 is 0. The van der Waals surface area contributed by atoms with Gasteiger partial charge in [0.1, 0.15) is 5.78 Å². The number of Topliss-reactive ketones (excluding diaryl/α,β-unsaturated/α-hetero) is 2. The van der Waals surface area contributed by atoms with Crippen molar-refractivity contribution >= 4 is 17.7 Å². The maximum Gasteiger partial charge on any atom is 0.509 e. The molecule has 4 aliphatic rings. The van der Waals surface area contributed by atoms with Crippen LogP contribution < -0.4 is 0 Å². The van der Waals surface area contributed by atoms with Gasteiger partial charge in [0.05, 0.1) is 13.2 Å². The van der Waals surface area contributed by atoms with Gasteiger partial charge in [0.25, 0.3) is 0 Å². The highest BCUT2D eigenvalue weighted by atomic mass is 16.7. The van der Waals surface area contributed by atoms with Gasteiger partial charge in [-0.25, -0.2) is 4.79 Å². The molecule has 6 nitrogen and oxygen atoms in total. The highest BCUT2D eigenvalue weighted by Crippen LogP contribution is 2.69. The number of aliphatic hydroxyl groups is 1. The van der Waals surface area contributed by atoms with E-state index in [9.17, 15) is 19.5 Å². The summed E-state index contributed by atoms with van der Waals surface area (Å²) in [5, 5.41) is 9.39. The van der Waals surface area contributed by atoms with E-state index >= 15 is 0 Å². The highest BCUT2D eigenvalue weighted by Gasteiger charge is 2.69.